The van der Waals surface area contributed by atoms with Gasteiger partial charge in [-0.1, -0.05) is 0 Å². The molecule has 9 nitrogen and oxygen atoms in total. The van der Waals surface area contributed by atoms with E-state index in [4.69, 9.17) is 9.47 Å². The van der Waals surface area contributed by atoms with Gasteiger partial charge in [-0.15, -0.1) is 0 Å². The third kappa shape index (κ3) is 4.09. The maximum atomic E-state index is 12.8. The molecule has 0 radical (unpaired) electrons. The Morgan fingerprint density at radius 2 is 1.69 bits per heavy atom. The van der Waals surface area contributed by atoms with Crippen LogP contribution >= 0.6 is 0 Å². The molecule has 146 valence electrons. The molecule has 9 heteroatoms. The third-order valence-electron chi connectivity index (χ3n) is 5.48. The maximum Gasteiger partial charge on any atom is 0.330 e. The molecule has 3 aliphatic heterocycles. The molecule has 2 N–H and O–H groups in total. The number of piperazine rings is 1. The topological polar surface area (TPSA) is 96.0 Å². The van der Waals surface area contributed by atoms with Crippen molar-refractivity contribution in [3.63, 3.8) is 0 Å². The maximum absolute atomic E-state index is 12.8. The molecule has 0 aromatic heterocycles. The fourth-order valence-corrected chi connectivity index (χ4v) is 3.92. The number of urea groups is 1. The zero-order valence-electron chi connectivity index (χ0n) is 15.4. The Labute approximate surface area is 153 Å². The number of hydrogen-bond acceptors (Lipinski definition) is 5. The van der Waals surface area contributed by atoms with Crippen molar-refractivity contribution in [3.05, 3.63) is 0 Å². The largest absolute Gasteiger partial charge is 0.467 e. The monoisotopic (exact) mass is 369 g/mol. The van der Waals surface area contributed by atoms with Crippen LogP contribution in [0.4, 0.5) is 4.79 Å². The Kier molecular flexibility index (Phi) is 6.31. The molecule has 0 saturated carbocycles. The first-order valence-electron chi connectivity index (χ1n) is 9.43. The molecule has 3 amide bonds. The zero-order valence-corrected chi connectivity index (χ0v) is 15.4. The quantitative estimate of drug-likeness (QED) is 0.574. The van der Waals surface area contributed by atoms with E-state index in [1.54, 1.807) is 14.7 Å². The lowest BCUT2D eigenvalue weighted by molar-refractivity contribution is -0.664. The van der Waals surface area contributed by atoms with Crippen LogP contribution in [0, 0.1) is 5.92 Å². The van der Waals surface area contributed by atoms with E-state index in [0.717, 1.165) is 25.9 Å². The Balaban J connectivity index is 1.67. The summed E-state index contributed by atoms with van der Waals surface area (Å²) in [6, 6.07) is -0.925. The van der Waals surface area contributed by atoms with Crippen molar-refractivity contribution in [3.8, 4) is 0 Å². The average Bonchev–Trinajstić information content (AvgIpc) is 2.73. The van der Waals surface area contributed by atoms with E-state index < -0.39 is 12.0 Å². The number of nitrogens with zero attached hydrogens (tertiary/aromatic N) is 3. The molecule has 0 unspecified atom stereocenters. The van der Waals surface area contributed by atoms with Gasteiger partial charge in [-0.25, -0.2) is 9.59 Å². The van der Waals surface area contributed by atoms with Gasteiger partial charge in [0, 0.05) is 44.9 Å². The minimum atomic E-state index is -0.747. The predicted octanol–water partition coefficient (Wildman–Crippen LogP) is -1.90. The summed E-state index contributed by atoms with van der Waals surface area (Å²) in [4.78, 5) is 43.0. The number of amides is 3. The highest BCUT2D eigenvalue weighted by Gasteiger charge is 2.41. The van der Waals surface area contributed by atoms with Gasteiger partial charge < -0.3 is 29.5 Å². The first-order chi connectivity index (χ1) is 12.6. The van der Waals surface area contributed by atoms with Gasteiger partial charge in [0.2, 0.25) is 5.91 Å². The molecule has 0 bridgehead atoms. The number of piperidine rings is 1. The van der Waals surface area contributed by atoms with Crippen LogP contribution in [0.15, 0.2) is 0 Å². The summed E-state index contributed by atoms with van der Waals surface area (Å²) in [5.41, 5.74) is 0. The van der Waals surface area contributed by atoms with Gasteiger partial charge in [0.05, 0.1) is 40.0 Å². The highest BCUT2D eigenvalue weighted by Crippen LogP contribution is 2.19. The smallest absolute Gasteiger partial charge is 0.330 e. The van der Waals surface area contributed by atoms with Crippen LogP contribution in [0.1, 0.15) is 12.8 Å². The average molecular weight is 369 g/mol. The van der Waals surface area contributed by atoms with E-state index in [0.29, 0.717) is 39.4 Å². The summed E-state index contributed by atoms with van der Waals surface area (Å²) in [6.07, 6.45) is 1.74. The van der Waals surface area contributed by atoms with Gasteiger partial charge in [-0.2, -0.15) is 0 Å². The Morgan fingerprint density at radius 1 is 1.00 bits per heavy atom. The number of esters is 1. The molecule has 3 heterocycles. The van der Waals surface area contributed by atoms with Gasteiger partial charge >= 0.3 is 12.0 Å². The molecule has 1 atom stereocenters. The van der Waals surface area contributed by atoms with E-state index in [9.17, 15) is 14.4 Å². The standard InChI is InChI=1S/C17H28N4O5/c1-25-16(23)14-12-20(15(22)13-2-4-18-5-3-13)6-7-21(14)17(24)19-8-10-26-11-9-19/h13-14,18H,2-12H2,1H3/p+1/t14-/m0/s1. The number of morpholine rings is 1. The van der Waals surface area contributed by atoms with Crippen molar-refractivity contribution in [1.82, 2.24) is 14.7 Å². The molecule has 0 aromatic carbocycles. The molecule has 0 aliphatic carbocycles. The number of quaternary nitrogens is 1. The molecular weight excluding hydrogens is 340 g/mol. The molecule has 3 saturated heterocycles. The number of carbonyl (C=O) groups is 3. The van der Waals surface area contributed by atoms with Gasteiger partial charge in [0.15, 0.2) is 0 Å². The van der Waals surface area contributed by atoms with Crippen LogP contribution in [0.5, 0.6) is 0 Å². The van der Waals surface area contributed by atoms with Crippen molar-refractivity contribution < 1.29 is 29.2 Å². The predicted molar refractivity (Wildman–Crippen MR) is 91.3 cm³/mol. The van der Waals surface area contributed by atoms with Crippen LogP contribution in [-0.2, 0) is 19.1 Å². The number of ether oxygens (including phenoxy) is 2. The number of hydrogen-bond donors (Lipinski definition) is 1. The van der Waals surface area contributed by atoms with E-state index in [1.807, 2.05) is 0 Å². The highest BCUT2D eigenvalue weighted by molar-refractivity contribution is 5.86. The van der Waals surface area contributed by atoms with Crippen molar-refractivity contribution >= 4 is 17.9 Å². The second-order valence-electron chi connectivity index (χ2n) is 7.04. The van der Waals surface area contributed by atoms with Gasteiger partial charge in [-0.3, -0.25) is 4.79 Å². The Hall–Kier alpha value is -1.87. The SMILES string of the molecule is COC(=O)[C@@H]1CN(C(=O)C2CC[NH2+]CC2)CCN1C(=O)N1CCOCC1. The summed E-state index contributed by atoms with van der Waals surface area (Å²) in [6.45, 7) is 5.00. The van der Waals surface area contributed by atoms with Crippen molar-refractivity contribution in [1.29, 1.82) is 0 Å². The van der Waals surface area contributed by atoms with Crippen LogP contribution in [0.25, 0.3) is 0 Å². The minimum Gasteiger partial charge on any atom is -0.467 e. The van der Waals surface area contributed by atoms with Crippen molar-refractivity contribution in [2.45, 2.75) is 18.9 Å². The molecule has 3 rings (SSSR count). The summed E-state index contributed by atoms with van der Waals surface area (Å²) < 4.78 is 10.2. The normalized spacial score (nSPS) is 25.1. The van der Waals surface area contributed by atoms with Gasteiger partial charge in [0.25, 0.3) is 0 Å². The van der Waals surface area contributed by atoms with Gasteiger partial charge in [-0.05, 0) is 0 Å². The molecule has 0 spiro atoms. The zero-order chi connectivity index (χ0) is 18.5. The lowest BCUT2D eigenvalue weighted by Crippen LogP contribution is -2.86. The van der Waals surface area contributed by atoms with Crippen LogP contribution < -0.4 is 5.32 Å². The molecular formula is C17H29N4O5+. The summed E-state index contributed by atoms with van der Waals surface area (Å²) in [5.74, 6) is -0.341. The van der Waals surface area contributed by atoms with Crippen LogP contribution in [0.2, 0.25) is 0 Å². The molecule has 26 heavy (non-hydrogen) atoms. The first-order valence-corrected chi connectivity index (χ1v) is 9.43. The minimum absolute atomic E-state index is 0.0276. The summed E-state index contributed by atoms with van der Waals surface area (Å²) in [7, 11) is 1.32. The number of rotatable bonds is 2. The van der Waals surface area contributed by atoms with Crippen LogP contribution in [0.3, 0.4) is 0 Å². The van der Waals surface area contributed by atoms with Crippen molar-refractivity contribution in [2.24, 2.45) is 5.92 Å². The molecule has 3 fully saturated rings. The lowest BCUT2D eigenvalue weighted by atomic mass is 9.96. The third-order valence-corrected chi connectivity index (χ3v) is 5.48. The Bertz CT molecular complexity index is 531. The van der Waals surface area contributed by atoms with Crippen LogP contribution in [-0.4, -0.2) is 105 Å². The number of methoxy groups -OCH3 is 1. The molecule has 3 aliphatic rings. The lowest BCUT2D eigenvalue weighted by Gasteiger charge is -2.43. The Morgan fingerprint density at radius 3 is 2.35 bits per heavy atom. The number of carbonyl (C=O) groups excluding carboxylic acids is 3. The second kappa shape index (κ2) is 8.68. The van der Waals surface area contributed by atoms with E-state index >= 15 is 0 Å². The number of nitrogens with two attached hydrogens (primary N) is 1. The fourth-order valence-electron chi connectivity index (χ4n) is 3.92. The van der Waals surface area contributed by atoms with E-state index in [1.165, 1.54) is 7.11 Å². The van der Waals surface area contributed by atoms with E-state index in [2.05, 4.69) is 5.32 Å². The molecule has 0 aromatic rings. The first kappa shape index (κ1) is 18.9. The second-order valence-corrected chi connectivity index (χ2v) is 7.04. The summed E-state index contributed by atoms with van der Waals surface area (Å²) >= 11 is 0. The van der Waals surface area contributed by atoms with Gasteiger partial charge in [0.1, 0.15) is 6.04 Å². The van der Waals surface area contributed by atoms with Crippen molar-refractivity contribution in [2.75, 3.05) is 66.1 Å². The highest BCUT2D eigenvalue weighted by atomic mass is 16.5. The van der Waals surface area contributed by atoms with E-state index in [-0.39, 0.29) is 24.4 Å². The summed E-state index contributed by atoms with van der Waals surface area (Å²) in [5, 5.41) is 2.22. The fraction of sp³-hybridized carbons (Fsp3) is 0.824.